The molecule has 3 aromatic rings. The molecule has 0 aromatic heterocycles. The van der Waals surface area contributed by atoms with Crippen LogP contribution >= 0.6 is 0 Å². The maximum atomic E-state index is 14.2. The molecular formula is C22H18F2N2O3. The first-order chi connectivity index (χ1) is 14.0. The number of ether oxygens (including phenoxy) is 1. The van der Waals surface area contributed by atoms with E-state index in [-0.39, 0.29) is 18.1 Å². The van der Waals surface area contributed by atoms with E-state index < -0.39 is 17.5 Å². The lowest BCUT2D eigenvalue weighted by atomic mass is 10.0. The maximum Gasteiger partial charge on any atom is 0.258 e. The Labute approximate surface area is 166 Å². The largest absolute Gasteiger partial charge is 0.484 e. The summed E-state index contributed by atoms with van der Waals surface area (Å²) in [5.74, 6) is -1.71. The summed E-state index contributed by atoms with van der Waals surface area (Å²) >= 11 is 0. The fourth-order valence-electron chi connectivity index (χ4n) is 2.63. The highest BCUT2D eigenvalue weighted by Crippen LogP contribution is 2.24. The van der Waals surface area contributed by atoms with Crippen LogP contribution in [-0.4, -0.2) is 25.5 Å². The van der Waals surface area contributed by atoms with Crippen molar-refractivity contribution in [2.75, 3.05) is 19.0 Å². The Hall–Kier alpha value is -3.74. The number of amides is 2. The zero-order valence-electron chi connectivity index (χ0n) is 15.5. The van der Waals surface area contributed by atoms with Crippen LogP contribution in [0, 0.1) is 11.6 Å². The van der Waals surface area contributed by atoms with Crippen molar-refractivity contribution in [3.8, 4) is 16.9 Å². The molecule has 148 valence electrons. The summed E-state index contributed by atoms with van der Waals surface area (Å²) in [7, 11) is 1.49. The number of benzene rings is 3. The average Bonchev–Trinajstić information content (AvgIpc) is 2.72. The fourth-order valence-corrected chi connectivity index (χ4v) is 2.63. The summed E-state index contributed by atoms with van der Waals surface area (Å²) in [6, 6.07) is 16.2. The summed E-state index contributed by atoms with van der Waals surface area (Å²) in [6.07, 6.45) is 0. The van der Waals surface area contributed by atoms with Crippen LogP contribution in [0.5, 0.6) is 5.75 Å². The van der Waals surface area contributed by atoms with Crippen molar-refractivity contribution in [2.24, 2.45) is 0 Å². The third-order valence-corrected chi connectivity index (χ3v) is 4.11. The summed E-state index contributed by atoms with van der Waals surface area (Å²) < 4.78 is 33.0. The molecule has 0 saturated carbocycles. The van der Waals surface area contributed by atoms with Gasteiger partial charge < -0.3 is 15.4 Å². The van der Waals surface area contributed by atoms with Crippen LogP contribution in [0.2, 0.25) is 0 Å². The molecule has 0 aliphatic heterocycles. The summed E-state index contributed by atoms with van der Waals surface area (Å²) in [5, 5.41) is 5.03. The SMILES string of the molecule is CNC(=O)COc1cccc(NC(=O)c2cc(-c3cccc(F)c3)ccc2F)c1. The second kappa shape index (κ2) is 8.97. The molecule has 5 nitrogen and oxygen atoms in total. The van der Waals surface area contributed by atoms with Crippen molar-refractivity contribution in [1.29, 1.82) is 0 Å². The van der Waals surface area contributed by atoms with E-state index in [1.165, 1.54) is 43.4 Å². The molecule has 0 aliphatic carbocycles. The molecule has 0 heterocycles. The first-order valence-corrected chi connectivity index (χ1v) is 8.76. The molecule has 3 rings (SSSR count). The second-order valence-corrected chi connectivity index (χ2v) is 6.15. The monoisotopic (exact) mass is 396 g/mol. The molecule has 29 heavy (non-hydrogen) atoms. The van der Waals surface area contributed by atoms with Gasteiger partial charge in [0, 0.05) is 18.8 Å². The van der Waals surface area contributed by atoms with Gasteiger partial charge in [-0.15, -0.1) is 0 Å². The van der Waals surface area contributed by atoms with Crippen molar-refractivity contribution in [1.82, 2.24) is 5.32 Å². The van der Waals surface area contributed by atoms with Crippen LogP contribution in [0.25, 0.3) is 11.1 Å². The van der Waals surface area contributed by atoms with E-state index in [2.05, 4.69) is 10.6 Å². The lowest BCUT2D eigenvalue weighted by Gasteiger charge is -2.10. The van der Waals surface area contributed by atoms with Crippen LogP contribution in [-0.2, 0) is 4.79 Å². The molecule has 0 saturated heterocycles. The van der Waals surface area contributed by atoms with Gasteiger partial charge in [0.15, 0.2) is 6.61 Å². The zero-order valence-corrected chi connectivity index (χ0v) is 15.5. The number of carbonyl (C=O) groups excluding carboxylic acids is 2. The second-order valence-electron chi connectivity index (χ2n) is 6.15. The van der Waals surface area contributed by atoms with E-state index in [0.717, 1.165) is 6.07 Å². The minimum Gasteiger partial charge on any atom is -0.484 e. The highest BCUT2D eigenvalue weighted by Gasteiger charge is 2.14. The summed E-state index contributed by atoms with van der Waals surface area (Å²) in [6.45, 7) is -0.168. The van der Waals surface area contributed by atoms with E-state index in [4.69, 9.17) is 4.74 Å². The van der Waals surface area contributed by atoms with E-state index >= 15 is 0 Å². The van der Waals surface area contributed by atoms with Crippen molar-refractivity contribution < 1.29 is 23.1 Å². The third kappa shape index (κ3) is 5.16. The molecular weight excluding hydrogens is 378 g/mol. The predicted octanol–water partition coefficient (Wildman–Crippen LogP) is 4.01. The van der Waals surface area contributed by atoms with Crippen LogP contribution in [0.1, 0.15) is 10.4 Å². The molecule has 7 heteroatoms. The van der Waals surface area contributed by atoms with Gasteiger partial charge >= 0.3 is 0 Å². The minimum absolute atomic E-state index is 0.168. The molecule has 0 aliphatic rings. The number of nitrogens with one attached hydrogen (secondary N) is 2. The van der Waals surface area contributed by atoms with Gasteiger partial charge in [-0.1, -0.05) is 24.3 Å². The molecule has 0 unspecified atom stereocenters. The average molecular weight is 396 g/mol. The highest BCUT2D eigenvalue weighted by molar-refractivity contribution is 6.05. The lowest BCUT2D eigenvalue weighted by Crippen LogP contribution is -2.24. The Morgan fingerprint density at radius 1 is 0.931 bits per heavy atom. The number of halogens is 2. The van der Waals surface area contributed by atoms with Gasteiger partial charge in [-0.3, -0.25) is 9.59 Å². The smallest absolute Gasteiger partial charge is 0.258 e. The Morgan fingerprint density at radius 2 is 1.69 bits per heavy atom. The van der Waals surface area contributed by atoms with Gasteiger partial charge in [0.1, 0.15) is 17.4 Å². The number of hydrogen-bond acceptors (Lipinski definition) is 3. The van der Waals surface area contributed by atoms with Crippen molar-refractivity contribution in [3.05, 3.63) is 83.9 Å². The van der Waals surface area contributed by atoms with Gasteiger partial charge in [0.2, 0.25) is 0 Å². The fraction of sp³-hybridized carbons (Fsp3) is 0.0909. The zero-order chi connectivity index (χ0) is 20.8. The normalized spacial score (nSPS) is 10.3. The van der Waals surface area contributed by atoms with E-state index in [1.807, 2.05) is 0 Å². The summed E-state index contributed by atoms with van der Waals surface area (Å²) in [5.41, 5.74) is 1.24. The number of carbonyl (C=O) groups is 2. The molecule has 0 atom stereocenters. The maximum absolute atomic E-state index is 14.2. The summed E-state index contributed by atoms with van der Waals surface area (Å²) in [4.78, 5) is 23.8. The third-order valence-electron chi connectivity index (χ3n) is 4.11. The number of rotatable bonds is 6. The molecule has 3 aromatic carbocycles. The number of hydrogen-bond donors (Lipinski definition) is 2. The van der Waals surface area contributed by atoms with Crippen LogP contribution in [0.4, 0.5) is 14.5 Å². The molecule has 2 N–H and O–H groups in total. The standard InChI is InChI=1S/C22H18F2N2O3/c1-25-21(27)13-29-18-7-3-6-17(12-18)26-22(28)19-11-15(8-9-20(19)24)14-4-2-5-16(23)10-14/h2-12H,13H2,1H3,(H,25,27)(H,26,28). The first kappa shape index (κ1) is 20.0. The Bertz CT molecular complexity index is 1050. The lowest BCUT2D eigenvalue weighted by molar-refractivity contribution is -0.122. The van der Waals surface area contributed by atoms with Crippen molar-refractivity contribution in [3.63, 3.8) is 0 Å². The number of anilines is 1. The van der Waals surface area contributed by atoms with Crippen LogP contribution in [0.15, 0.2) is 66.7 Å². The van der Waals surface area contributed by atoms with Gasteiger partial charge in [0.25, 0.3) is 11.8 Å². The Balaban J connectivity index is 1.79. The van der Waals surface area contributed by atoms with Gasteiger partial charge in [0.05, 0.1) is 5.56 Å². The van der Waals surface area contributed by atoms with Crippen LogP contribution < -0.4 is 15.4 Å². The highest BCUT2D eigenvalue weighted by atomic mass is 19.1. The van der Waals surface area contributed by atoms with E-state index in [1.54, 1.807) is 24.3 Å². The van der Waals surface area contributed by atoms with E-state index in [9.17, 15) is 18.4 Å². The predicted molar refractivity (Wildman–Crippen MR) is 106 cm³/mol. The Morgan fingerprint density at radius 3 is 2.45 bits per heavy atom. The molecule has 0 bridgehead atoms. The van der Waals surface area contributed by atoms with Crippen molar-refractivity contribution in [2.45, 2.75) is 0 Å². The van der Waals surface area contributed by atoms with Gasteiger partial charge in [-0.2, -0.15) is 0 Å². The van der Waals surface area contributed by atoms with Gasteiger partial charge in [-0.25, -0.2) is 8.78 Å². The quantitative estimate of drug-likeness (QED) is 0.662. The minimum atomic E-state index is -0.699. The molecule has 2 amide bonds. The van der Waals surface area contributed by atoms with Gasteiger partial charge in [-0.05, 0) is 47.5 Å². The molecule has 0 fully saturated rings. The molecule has 0 radical (unpaired) electrons. The van der Waals surface area contributed by atoms with E-state index in [0.29, 0.717) is 22.6 Å². The first-order valence-electron chi connectivity index (χ1n) is 8.76. The van der Waals surface area contributed by atoms with Crippen LogP contribution in [0.3, 0.4) is 0 Å². The topological polar surface area (TPSA) is 67.4 Å². The number of likely N-dealkylation sites (N-methyl/N-ethyl adjacent to an activating group) is 1. The van der Waals surface area contributed by atoms with Crippen molar-refractivity contribution >= 4 is 17.5 Å². The molecule has 0 spiro atoms. The Kier molecular flexibility index (Phi) is 6.19.